The van der Waals surface area contributed by atoms with Crippen molar-refractivity contribution in [1.29, 1.82) is 0 Å². The van der Waals surface area contributed by atoms with Crippen LogP contribution in [0.4, 0.5) is 0 Å². The summed E-state index contributed by atoms with van der Waals surface area (Å²) >= 11 is 0. The molecule has 1 aromatic rings. The third-order valence-corrected chi connectivity index (χ3v) is 2.90. The number of rotatable bonds is 7. The van der Waals surface area contributed by atoms with E-state index in [0.717, 1.165) is 12.1 Å². The molecule has 1 amide bonds. The van der Waals surface area contributed by atoms with E-state index >= 15 is 0 Å². The molecular weight excluding hydrogens is 242 g/mol. The van der Waals surface area contributed by atoms with Gasteiger partial charge in [0.25, 0.3) is 0 Å². The Balaban J connectivity index is 1.67. The van der Waals surface area contributed by atoms with Gasteiger partial charge in [-0.3, -0.25) is 4.79 Å². The fourth-order valence-corrected chi connectivity index (χ4v) is 1.69. The Morgan fingerprint density at radius 2 is 2.26 bits per heavy atom. The van der Waals surface area contributed by atoms with Crippen molar-refractivity contribution in [3.8, 4) is 12.3 Å². The van der Waals surface area contributed by atoms with Gasteiger partial charge in [0, 0.05) is 31.9 Å². The van der Waals surface area contributed by atoms with Crippen LogP contribution < -0.4 is 5.32 Å². The summed E-state index contributed by atoms with van der Waals surface area (Å²) in [6, 6.07) is 3.60. The number of hydrogen-bond acceptors (Lipinski definition) is 5. The molecule has 1 N–H and O–H groups in total. The van der Waals surface area contributed by atoms with E-state index in [1.807, 2.05) is 6.07 Å². The van der Waals surface area contributed by atoms with Crippen molar-refractivity contribution < 1.29 is 4.79 Å². The molecule has 1 aliphatic rings. The van der Waals surface area contributed by atoms with Crippen LogP contribution in [-0.4, -0.2) is 21.8 Å². The van der Waals surface area contributed by atoms with Gasteiger partial charge in [0.05, 0.1) is 12.2 Å². The summed E-state index contributed by atoms with van der Waals surface area (Å²) in [5.74, 6) is 2.52. The molecule has 0 aliphatic carbocycles. The first kappa shape index (κ1) is 13.1. The normalized spacial score (nSPS) is 14.7. The average Bonchev–Trinajstić information content (AvgIpc) is 3.22. The highest BCUT2D eigenvalue weighted by Gasteiger charge is 2.39. The van der Waals surface area contributed by atoms with Crippen LogP contribution in [0.3, 0.4) is 0 Å². The zero-order chi connectivity index (χ0) is 13.6. The SMILES string of the molecule is C#CCCC1(CCC(=O)NCc2cccnn2)N=N1. The maximum absolute atomic E-state index is 11.7. The largest absolute Gasteiger partial charge is 0.350 e. The third-order valence-electron chi connectivity index (χ3n) is 2.90. The van der Waals surface area contributed by atoms with Gasteiger partial charge in [-0.15, -0.1) is 12.3 Å². The van der Waals surface area contributed by atoms with Gasteiger partial charge >= 0.3 is 0 Å². The first-order chi connectivity index (χ1) is 9.24. The highest BCUT2D eigenvalue weighted by molar-refractivity contribution is 5.75. The van der Waals surface area contributed by atoms with Crippen molar-refractivity contribution in [2.24, 2.45) is 10.2 Å². The van der Waals surface area contributed by atoms with Crippen LogP contribution in [0.25, 0.3) is 0 Å². The van der Waals surface area contributed by atoms with E-state index in [4.69, 9.17) is 6.42 Å². The van der Waals surface area contributed by atoms with Crippen molar-refractivity contribution in [2.45, 2.75) is 37.9 Å². The summed E-state index contributed by atoms with van der Waals surface area (Å²) in [7, 11) is 0. The molecule has 2 rings (SSSR count). The molecule has 0 saturated carbocycles. The van der Waals surface area contributed by atoms with Gasteiger partial charge in [0.15, 0.2) is 5.66 Å². The van der Waals surface area contributed by atoms with Gasteiger partial charge in [0.2, 0.25) is 5.91 Å². The summed E-state index contributed by atoms with van der Waals surface area (Å²) in [5, 5.41) is 18.4. The number of hydrogen-bond donors (Lipinski definition) is 1. The van der Waals surface area contributed by atoms with Gasteiger partial charge in [-0.1, -0.05) is 0 Å². The molecule has 0 atom stereocenters. The standard InChI is InChI=1S/C13H15N5O/c1-2-3-7-13(17-18-13)8-6-12(19)14-10-11-5-4-9-15-16-11/h1,4-5,9H,3,6-8,10H2,(H,14,19). The Hall–Kier alpha value is -2.29. The second-order valence-electron chi connectivity index (χ2n) is 4.38. The van der Waals surface area contributed by atoms with Gasteiger partial charge in [0.1, 0.15) is 0 Å². The predicted molar refractivity (Wildman–Crippen MR) is 68.8 cm³/mol. The zero-order valence-electron chi connectivity index (χ0n) is 10.5. The number of carbonyl (C=O) groups is 1. The molecule has 98 valence electrons. The Morgan fingerprint density at radius 3 is 2.89 bits per heavy atom. The molecule has 6 nitrogen and oxygen atoms in total. The quantitative estimate of drug-likeness (QED) is 0.751. The van der Waals surface area contributed by atoms with E-state index in [1.54, 1.807) is 12.3 Å². The van der Waals surface area contributed by atoms with E-state index in [2.05, 4.69) is 31.7 Å². The molecule has 0 bridgehead atoms. The lowest BCUT2D eigenvalue weighted by Crippen LogP contribution is -2.25. The summed E-state index contributed by atoms with van der Waals surface area (Å²) in [6.45, 7) is 0.387. The molecule has 1 aromatic heterocycles. The van der Waals surface area contributed by atoms with Crippen LogP contribution in [0.5, 0.6) is 0 Å². The summed E-state index contributed by atoms with van der Waals surface area (Å²) in [6.07, 6.45) is 9.16. The first-order valence-corrected chi connectivity index (χ1v) is 6.15. The molecule has 0 spiro atoms. The molecule has 0 aromatic carbocycles. The molecule has 6 heteroatoms. The van der Waals surface area contributed by atoms with Crippen LogP contribution in [0.2, 0.25) is 0 Å². The Labute approximate surface area is 111 Å². The van der Waals surface area contributed by atoms with Crippen LogP contribution in [0, 0.1) is 12.3 Å². The molecule has 0 fully saturated rings. The van der Waals surface area contributed by atoms with Crippen molar-refractivity contribution in [2.75, 3.05) is 0 Å². The predicted octanol–water partition coefficient (Wildman–Crippen LogP) is 1.45. The van der Waals surface area contributed by atoms with Crippen LogP contribution in [0.15, 0.2) is 28.6 Å². The average molecular weight is 257 g/mol. The van der Waals surface area contributed by atoms with Gasteiger partial charge in [-0.05, 0) is 12.1 Å². The summed E-state index contributed by atoms with van der Waals surface area (Å²) in [4.78, 5) is 11.7. The molecular formula is C13H15N5O. The van der Waals surface area contributed by atoms with Crippen molar-refractivity contribution >= 4 is 5.91 Å². The molecule has 1 aliphatic heterocycles. The maximum Gasteiger partial charge on any atom is 0.220 e. The van der Waals surface area contributed by atoms with Crippen molar-refractivity contribution in [3.05, 3.63) is 24.0 Å². The van der Waals surface area contributed by atoms with Crippen LogP contribution in [-0.2, 0) is 11.3 Å². The third kappa shape index (κ3) is 4.14. The highest BCUT2D eigenvalue weighted by atomic mass is 16.1. The fraction of sp³-hybridized carbons (Fsp3) is 0.462. The molecule has 19 heavy (non-hydrogen) atoms. The lowest BCUT2D eigenvalue weighted by atomic mass is 10.0. The number of nitrogens with one attached hydrogen (secondary N) is 1. The van der Waals surface area contributed by atoms with E-state index in [1.165, 1.54) is 0 Å². The number of carbonyl (C=O) groups excluding carboxylic acids is 1. The van der Waals surface area contributed by atoms with Gasteiger partial charge in [-0.25, -0.2) is 0 Å². The number of nitrogens with zero attached hydrogens (tertiary/aromatic N) is 4. The Morgan fingerprint density at radius 1 is 1.42 bits per heavy atom. The van der Waals surface area contributed by atoms with E-state index in [0.29, 0.717) is 25.8 Å². The Bertz CT molecular complexity index is 500. The van der Waals surface area contributed by atoms with Crippen molar-refractivity contribution in [1.82, 2.24) is 15.5 Å². The minimum Gasteiger partial charge on any atom is -0.350 e. The second kappa shape index (κ2) is 6.05. The number of amides is 1. The smallest absolute Gasteiger partial charge is 0.220 e. The monoisotopic (exact) mass is 257 g/mol. The highest BCUT2D eigenvalue weighted by Crippen LogP contribution is 2.37. The van der Waals surface area contributed by atoms with Crippen LogP contribution >= 0.6 is 0 Å². The number of aromatic nitrogens is 2. The van der Waals surface area contributed by atoms with E-state index in [-0.39, 0.29) is 5.91 Å². The van der Waals surface area contributed by atoms with E-state index < -0.39 is 5.66 Å². The summed E-state index contributed by atoms with van der Waals surface area (Å²) in [5.41, 5.74) is 0.342. The Kier molecular flexibility index (Phi) is 4.18. The van der Waals surface area contributed by atoms with Gasteiger partial charge < -0.3 is 5.32 Å². The lowest BCUT2D eigenvalue weighted by Gasteiger charge is -2.08. The lowest BCUT2D eigenvalue weighted by molar-refractivity contribution is -0.121. The van der Waals surface area contributed by atoms with Gasteiger partial charge in [-0.2, -0.15) is 20.4 Å². The fourth-order valence-electron chi connectivity index (χ4n) is 1.69. The minimum absolute atomic E-state index is 0.0389. The summed E-state index contributed by atoms with van der Waals surface area (Å²) < 4.78 is 0. The molecule has 0 unspecified atom stereocenters. The van der Waals surface area contributed by atoms with Crippen molar-refractivity contribution in [3.63, 3.8) is 0 Å². The van der Waals surface area contributed by atoms with E-state index in [9.17, 15) is 4.79 Å². The second-order valence-corrected chi connectivity index (χ2v) is 4.38. The molecule has 0 saturated heterocycles. The molecule has 0 radical (unpaired) electrons. The molecule has 2 heterocycles. The topological polar surface area (TPSA) is 79.6 Å². The minimum atomic E-state index is -0.393. The maximum atomic E-state index is 11.7. The zero-order valence-corrected chi connectivity index (χ0v) is 10.5. The number of terminal acetylenes is 1. The van der Waals surface area contributed by atoms with Crippen LogP contribution in [0.1, 0.15) is 31.4 Å². The first-order valence-electron chi connectivity index (χ1n) is 6.15.